The molecule has 0 radical (unpaired) electrons. The van der Waals surface area contributed by atoms with Crippen molar-refractivity contribution in [2.75, 3.05) is 31.6 Å². The fourth-order valence-corrected chi connectivity index (χ4v) is 2.17. The van der Waals surface area contributed by atoms with Crippen molar-refractivity contribution in [3.63, 3.8) is 0 Å². The largest absolute Gasteiger partial charge is 0.377 e. The summed E-state index contributed by atoms with van der Waals surface area (Å²) in [5, 5.41) is 11.2. The van der Waals surface area contributed by atoms with Gasteiger partial charge in [-0.1, -0.05) is 6.92 Å². The number of morpholine rings is 1. The number of hydrogen-bond acceptors (Lipinski definition) is 5. The first-order valence-corrected chi connectivity index (χ1v) is 7.02. The average molecular weight is 278 g/mol. The number of carbonyl (C=O) groups excluding carboxylic acids is 1. The van der Waals surface area contributed by atoms with Gasteiger partial charge in [0, 0.05) is 13.1 Å². The predicted octanol–water partition coefficient (Wildman–Crippen LogP) is 1.55. The minimum atomic E-state index is -0.309. The van der Waals surface area contributed by atoms with Crippen LogP contribution in [0.2, 0.25) is 0 Å². The van der Waals surface area contributed by atoms with Crippen molar-refractivity contribution in [3.8, 4) is 0 Å². The topological polar surface area (TPSA) is 67.4 Å². The zero-order valence-electron chi connectivity index (χ0n) is 12.3. The van der Waals surface area contributed by atoms with Crippen LogP contribution in [0, 0.1) is 0 Å². The van der Waals surface area contributed by atoms with Crippen LogP contribution in [0.5, 0.6) is 0 Å². The van der Waals surface area contributed by atoms with E-state index in [4.69, 9.17) is 4.74 Å². The molecule has 2 heterocycles. The van der Waals surface area contributed by atoms with E-state index in [1.807, 2.05) is 13.8 Å². The van der Waals surface area contributed by atoms with Crippen molar-refractivity contribution >= 4 is 11.7 Å². The number of nitrogens with zero attached hydrogens (tertiary/aromatic N) is 3. The molecule has 1 saturated heterocycles. The number of amides is 1. The summed E-state index contributed by atoms with van der Waals surface area (Å²) in [6.07, 6.45) is 1.02. The summed E-state index contributed by atoms with van der Waals surface area (Å²) in [6.45, 7) is 8.62. The maximum absolute atomic E-state index is 12.5. The van der Waals surface area contributed by atoms with E-state index < -0.39 is 0 Å². The number of carbonyl (C=O) groups is 1. The van der Waals surface area contributed by atoms with E-state index in [2.05, 4.69) is 22.4 Å². The third-order valence-electron chi connectivity index (χ3n) is 3.33. The highest BCUT2D eigenvalue weighted by Crippen LogP contribution is 2.21. The molecule has 1 aromatic rings. The van der Waals surface area contributed by atoms with E-state index in [0.717, 1.165) is 13.0 Å². The molecule has 1 fully saturated rings. The summed E-state index contributed by atoms with van der Waals surface area (Å²) in [6, 6.07) is 3.52. The third-order valence-corrected chi connectivity index (χ3v) is 3.33. The molecule has 0 bridgehead atoms. The molecule has 1 aromatic heterocycles. The van der Waals surface area contributed by atoms with Gasteiger partial charge in [-0.2, -0.15) is 0 Å². The number of anilines is 1. The van der Waals surface area contributed by atoms with Gasteiger partial charge in [-0.3, -0.25) is 4.79 Å². The summed E-state index contributed by atoms with van der Waals surface area (Å²) in [5.74, 6) is 0.609. The van der Waals surface area contributed by atoms with Gasteiger partial charge in [0.2, 0.25) is 0 Å². The summed E-state index contributed by atoms with van der Waals surface area (Å²) in [7, 11) is 0. The van der Waals surface area contributed by atoms with Gasteiger partial charge in [0.15, 0.2) is 5.69 Å². The van der Waals surface area contributed by atoms with E-state index in [-0.39, 0.29) is 11.4 Å². The van der Waals surface area contributed by atoms with Crippen LogP contribution < -0.4 is 5.32 Å². The minimum absolute atomic E-state index is 0.0900. The molecule has 1 N–H and O–H groups in total. The van der Waals surface area contributed by atoms with Gasteiger partial charge in [0.1, 0.15) is 5.82 Å². The smallest absolute Gasteiger partial charge is 0.274 e. The lowest BCUT2D eigenvalue weighted by molar-refractivity contribution is -0.0373. The fraction of sp³-hybridized carbons (Fsp3) is 0.643. The third kappa shape index (κ3) is 3.25. The molecule has 6 heteroatoms. The van der Waals surface area contributed by atoms with E-state index in [0.29, 0.717) is 31.3 Å². The van der Waals surface area contributed by atoms with Crippen LogP contribution in [0.15, 0.2) is 12.1 Å². The van der Waals surface area contributed by atoms with E-state index in [9.17, 15) is 4.79 Å². The maximum Gasteiger partial charge on any atom is 0.274 e. The summed E-state index contributed by atoms with van der Waals surface area (Å²) in [5.41, 5.74) is 0.0675. The lowest BCUT2D eigenvalue weighted by atomic mass is 10.0. The van der Waals surface area contributed by atoms with Crippen molar-refractivity contribution in [2.45, 2.75) is 32.7 Å². The van der Waals surface area contributed by atoms with Crippen molar-refractivity contribution < 1.29 is 9.53 Å². The molecule has 1 aliphatic rings. The highest BCUT2D eigenvalue weighted by atomic mass is 16.5. The number of hydrogen-bond donors (Lipinski definition) is 1. The van der Waals surface area contributed by atoms with Gasteiger partial charge in [-0.25, -0.2) is 0 Å². The monoisotopic (exact) mass is 278 g/mol. The van der Waals surface area contributed by atoms with Gasteiger partial charge < -0.3 is 15.0 Å². The van der Waals surface area contributed by atoms with E-state index in [1.54, 1.807) is 17.0 Å². The van der Waals surface area contributed by atoms with Crippen LogP contribution in [0.3, 0.4) is 0 Å². The molecule has 0 unspecified atom stereocenters. The first-order chi connectivity index (χ1) is 9.54. The molecule has 2 rings (SSSR count). The molecule has 110 valence electrons. The maximum atomic E-state index is 12.5. The van der Waals surface area contributed by atoms with Gasteiger partial charge in [-0.05, 0) is 32.4 Å². The lowest BCUT2D eigenvalue weighted by Gasteiger charge is -2.41. The second kappa shape index (κ2) is 6.17. The first kappa shape index (κ1) is 14.7. The van der Waals surface area contributed by atoms with Gasteiger partial charge in [0.25, 0.3) is 5.91 Å². The van der Waals surface area contributed by atoms with Crippen LogP contribution in [0.25, 0.3) is 0 Å². The average Bonchev–Trinajstić information content (AvgIpc) is 2.44. The van der Waals surface area contributed by atoms with E-state index >= 15 is 0 Å². The van der Waals surface area contributed by atoms with Crippen LogP contribution >= 0.6 is 0 Å². The minimum Gasteiger partial charge on any atom is -0.377 e. The Balaban J connectivity index is 2.08. The lowest BCUT2D eigenvalue weighted by Crippen LogP contribution is -2.55. The Kier molecular flexibility index (Phi) is 4.54. The normalized spacial score (nSPS) is 17.9. The van der Waals surface area contributed by atoms with Crippen LogP contribution in [0.1, 0.15) is 37.7 Å². The van der Waals surface area contributed by atoms with Crippen molar-refractivity contribution in [2.24, 2.45) is 0 Å². The molecule has 1 amide bonds. The predicted molar refractivity (Wildman–Crippen MR) is 76.7 cm³/mol. The van der Waals surface area contributed by atoms with Gasteiger partial charge in [-0.15, -0.1) is 10.2 Å². The highest BCUT2D eigenvalue weighted by Gasteiger charge is 2.35. The first-order valence-electron chi connectivity index (χ1n) is 7.02. The standard InChI is InChI=1S/C14H22N4O2/c1-4-7-15-12-6-5-11(16-17-12)13(19)18-8-9-20-10-14(18,2)3/h5-6H,4,7-10H2,1-3H3,(H,15,17). The quantitative estimate of drug-likeness (QED) is 0.905. The zero-order valence-corrected chi connectivity index (χ0v) is 12.3. The zero-order chi connectivity index (χ0) is 14.6. The van der Waals surface area contributed by atoms with Gasteiger partial charge >= 0.3 is 0 Å². The van der Waals surface area contributed by atoms with Crippen LogP contribution in [-0.2, 0) is 4.74 Å². The Morgan fingerprint density at radius 1 is 1.45 bits per heavy atom. The van der Waals surface area contributed by atoms with Crippen molar-refractivity contribution in [1.29, 1.82) is 0 Å². The molecule has 0 spiro atoms. The molecule has 0 saturated carbocycles. The second-order valence-corrected chi connectivity index (χ2v) is 5.55. The molecule has 6 nitrogen and oxygen atoms in total. The Hall–Kier alpha value is -1.69. The number of aromatic nitrogens is 2. The molecule has 0 atom stereocenters. The Labute approximate surface area is 119 Å². The summed E-state index contributed by atoms with van der Waals surface area (Å²) >= 11 is 0. The molecular formula is C14H22N4O2. The Morgan fingerprint density at radius 2 is 2.25 bits per heavy atom. The van der Waals surface area contributed by atoms with Crippen molar-refractivity contribution in [3.05, 3.63) is 17.8 Å². The van der Waals surface area contributed by atoms with Crippen molar-refractivity contribution in [1.82, 2.24) is 15.1 Å². The molecule has 0 aromatic carbocycles. The van der Waals surface area contributed by atoms with Crippen LogP contribution in [-0.4, -0.2) is 52.8 Å². The summed E-state index contributed by atoms with van der Waals surface area (Å²) in [4.78, 5) is 14.3. The van der Waals surface area contributed by atoms with E-state index in [1.165, 1.54) is 0 Å². The number of rotatable bonds is 4. The fourth-order valence-electron chi connectivity index (χ4n) is 2.17. The molecular weight excluding hydrogens is 256 g/mol. The number of ether oxygens (including phenoxy) is 1. The Bertz CT molecular complexity index is 459. The highest BCUT2D eigenvalue weighted by molar-refractivity contribution is 5.92. The van der Waals surface area contributed by atoms with Gasteiger partial charge in [0.05, 0.1) is 18.8 Å². The summed E-state index contributed by atoms with van der Waals surface area (Å²) < 4.78 is 5.42. The second-order valence-electron chi connectivity index (χ2n) is 5.55. The van der Waals surface area contributed by atoms with Crippen LogP contribution in [0.4, 0.5) is 5.82 Å². The SMILES string of the molecule is CCCNc1ccc(C(=O)N2CCOCC2(C)C)nn1. The molecule has 0 aliphatic carbocycles. The molecule has 20 heavy (non-hydrogen) atoms. The number of nitrogens with one attached hydrogen (secondary N) is 1. The Morgan fingerprint density at radius 3 is 2.85 bits per heavy atom. The molecule has 1 aliphatic heterocycles.